The number of nitrogens with zero attached hydrogens (tertiary/aromatic N) is 4. The van der Waals surface area contributed by atoms with Gasteiger partial charge in [0.05, 0.1) is 0 Å². The monoisotopic (exact) mass is 432 g/mol. The van der Waals surface area contributed by atoms with Crippen molar-refractivity contribution in [1.29, 1.82) is 0 Å². The van der Waals surface area contributed by atoms with Gasteiger partial charge in [0.1, 0.15) is 0 Å². The number of amides is 4. The van der Waals surface area contributed by atoms with Gasteiger partial charge >= 0.3 is 12.1 Å². The van der Waals surface area contributed by atoms with Gasteiger partial charge in [0.2, 0.25) is 0 Å². The number of rotatable bonds is 2. The molecule has 0 spiro atoms. The maximum atomic E-state index is 13.0. The van der Waals surface area contributed by atoms with E-state index in [9.17, 15) is 9.59 Å². The first-order valence-electron chi connectivity index (χ1n) is 7.61. The van der Waals surface area contributed by atoms with Gasteiger partial charge in [0.25, 0.3) is 12.3 Å². The fraction of sp³-hybridized carbons (Fsp3) is 0.125. The van der Waals surface area contributed by atoms with Crippen LogP contribution in [0.1, 0.15) is 0 Å². The minimum atomic E-state index is -1.03. The Kier molecular flexibility index (Phi) is 4.11. The van der Waals surface area contributed by atoms with Gasteiger partial charge < -0.3 is 0 Å². The lowest BCUT2D eigenvalue weighted by Gasteiger charge is -2.25. The zero-order valence-corrected chi connectivity index (χ0v) is 16.1. The van der Waals surface area contributed by atoms with Crippen LogP contribution in [0.4, 0.5) is 21.0 Å². The van der Waals surface area contributed by atoms with Crippen LogP contribution in [0.2, 0.25) is 0 Å². The van der Waals surface area contributed by atoms with E-state index in [0.717, 1.165) is 8.84 Å². The largest absolute Gasteiger partial charge is 0.464 e. The maximum Gasteiger partial charge on any atom is 0.464 e. The van der Waals surface area contributed by atoms with E-state index in [2.05, 4.69) is 0 Å². The minimum Gasteiger partial charge on any atom is -0.203 e. The molecule has 2 aliphatic rings. The molecule has 0 N–H and O–H groups in total. The van der Waals surface area contributed by atoms with E-state index in [0.29, 0.717) is 11.4 Å². The van der Waals surface area contributed by atoms with Gasteiger partial charge in [-0.3, -0.25) is 0 Å². The van der Waals surface area contributed by atoms with Crippen molar-refractivity contribution < 1.29 is 9.59 Å². The molecule has 2 saturated heterocycles. The minimum absolute atomic E-state index is 0.425. The van der Waals surface area contributed by atoms with E-state index in [1.165, 1.54) is 0 Å². The number of halogens is 4. The summed E-state index contributed by atoms with van der Waals surface area (Å²) in [4.78, 5) is 26.0. The van der Waals surface area contributed by atoms with E-state index < -0.39 is 32.4 Å². The molecule has 0 aromatic heterocycles. The van der Waals surface area contributed by atoms with Crippen LogP contribution >= 0.6 is 47.1 Å². The Hall–Kier alpha value is -1.54. The van der Waals surface area contributed by atoms with E-state index in [4.69, 9.17) is 47.1 Å². The first-order valence-corrected chi connectivity index (χ1v) is 8.97. The van der Waals surface area contributed by atoms with Crippen LogP contribution in [0.3, 0.4) is 0 Å². The van der Waals surface area contributed by atoms with Gasteiger partial charge in [0.15, 0.2) is 34.9 Å². The third-order valence-corrected chi connectivity index (χ3v) is 6.42. The molecule has 2 heterocycles. The fourth-order valence-corrected chi connectivity index (χ4v) is 5.06. The molecule has 4 atom stereocenters. The van der Waals surface area contributed by atoms with Crippen LogP contribution in [0.25, 0.3) is 0 Å². The second-order valence-corrected chi connectivity index (χ2v) is 7.75. The Morgan fingerprint density at radius 3 is 1.27 bits per heavy atom. The number of carbonyl (C=O) groups excluding carboxylic acids is 2. The Morgan fingerprint density at radius 1 is 0.654 bits per heavy atom. The number of quaternary nitrogens is 2. The quantitative estimate of drug-likeness (QED) is 0.615. The van der Waals surface area contributed by atoms with Crippen LogP contribution in [0, 0.1) is 0 Å². The lowest BCUT2D eigenvalue weighted by Crippen LogP contribution is -2.54. The first kappa shape index (κ1) is 17.9. The van der Waals surface area contributed by atoms with Crippen molar-refractivity contribution in [2.24, 2.45) is 0 Å². The van der Waals surface area contributed by atoms with E-state index in [1.54, 1.807) is 60.7 Å². The van der Waals surface area contributed by atoms with Crippen LogP contribution in [0.5, 0.6) is 0 Å². The summed E-state index contributed by atoms with van der Waals surface area (Å²) in [5.41, 5.74) is 0.850. The molecule has 2 aromatic rings. The summed E-state index contributed by atoms with van der Waals surface area (Å²) in [6.07, 6.45) is -2.06. The van der Waals surface area contributed by atoms with Crippen molar-refractivity contribution in [1.82, 2.24) is 16.8 Å². The third-order valence-electron chi connectivity index (χ3n) is 4.65. The van der Waals surface area contributed by atoms with Gasteiger partial charge in [-0.2, -0.15) is 0 Å². The van der Waals surface area contributed by atoms with Crippen molar-refractivity contribution >= 4 is 70.5 Å². The molecule has 0 aliphatic carbocycles. The Balaban J connectivity index is 1.92. The molecule has 6 nitrogen and oxygen atoms in total. The van der Waals surface area contributed by atoms with Crippen molar-refractivity contribution in [3.8, 4) is 0 Å². The van der Waals surface area contributed by atoms with Crippen molar-refractivity contribution in [3.63, 3.8) is 0 Å². The summed E-state index contributed by atoms with van der Waals surface area (Å²) in [5.74, 6) is 0. The number of fused-ring (bicyclic) bond motifs is 1. The zero-order valence-electron chi connectivity index (χ0n) is 13.0. The zero-order chi connectivity index (χ0) is 18.7. The van der Waals surface area contributed by atoms with Crippen molar-refractivity contribution in [3.05, 3.63) is 60.7 Å². The van der Waals surface area contributed by atoms with Gasteiger partial charge in [-0.25, -0.2) is 9.59 Å². The lowest BCUT2D eigenvalue weighted by molar-refractivity contribution is 0.198. The van der Waals surface area contributed by atoms with E-state index >= 15 is 0 Å². The number of benzene rings is 2. The molecule has 0 bridgehead atoms. The highest BCUT2D eigenvalue weighted by atomic mass is 35.5. The first-order chi connectivity index (χ1) is 12.3. The standard InChI is InChI=1S/C16H12Cl4N4O2/c17-21-13-14(24(20,16(21)26)12-9-5-2-6-10-12)22(18)15(25)23(13,19)11-7-3-1-4-8-11/h1-10,13-14H/q+2. The molecule has 4 unspecified atom stereocenters. The highest BCUT2D eigenvalue weighted by Gasteiger charge is 2.80. The Bertz CT molecular complexity index is 813. The van der Waals surface area contributed by atoms with E-state index in [1.807, 2.05) is 0 Å². The van der Waals surface area contributed by atoms with Crippen LogP contribution in [-0.4, -0.2) is 33.2 Å². The second-order valence-electron chi connectivity index (χ2n) is 5.96. The fourth-order valence-electron chi connectivity index (χ4n) is 3.43. The molecular formula is C16H12Cl4N4O2+2. The number of hydrogen-bond acceptors (Lipinski definition) is 2. The number of hydrogen-bond donors (Lipinski definition) is 0. The number of carbonyl (C=O) groups is 2. The van der Waals surface area contributed by atoms with Gasteiger partial charge in [0, 0.05) is 47.8 Å². The van der Waals surface area contributed by atoms with Crippen LogP contribution in [-0.2, 0) is 0 Å². The molecule has 0 radical (unpaired) electrons. The predicted octanol–water partition coefficient (Wildman–Crippen LogP) is 5.14. The molecule has 2 fully saturated rings. The molecule has 134 valence electrons. The van der Waals surface area contributed by atoms with Crippen molar-refractivity contribution in [2.75, 3.05) is 0 Å². The highest BCUT2D eigenvalue weighted by molar-refractivity contribution is 6.42. The molecule has 26 heavy (non-hydrogen) atoms. The number of urea groups is 2. The van der Waals surface area contributed by atoms with Crippen molar-refractivity contribution in [2.45, 2.75) is 12.3 Å². The van der Waals surface area contributed by atoms with Crippen LogP contribution < -0.4 is 8.00 Å². The van der Waals surface area contributed by atoms with E-state index in [-0.39, 0.29) is 0 Å². The van der Waals surface area contributed by atoms with Gasteiger partial charge in [-0.1, -0.05) is 44.4 Å². The average molecular weight is 434 g/mol. The molecule has 2 aliphatic heterocycles. The SMILES string of the molecule is O=C1N(Cl)C2C(N(Cl)C(=O)[N+]2(Cl)c2ccccc2)[N+]1(Cl)c1ccccc1. The topological polar surface area (TPSA) is 40.6 Å². The Labute approximate surface area is 169 Å². The highest BCUT2D eigenvalue weighted by Crippen LogP contribution is 2.52. The molecule has 0 saturated carbocycles. The summed E-state index contributed by atoms with van der Waals surface area (Å²) >= 11 is 26.1. The van der Waals surface area contributed by atoms with Gasteiger partial charge in [-0.15, -0.1) is 8.84 Å². The number of para-hydroxylation sites is 2. The lowest BCUT2D eigenvalue weighted by atomic mass is 10.2. The van der Waals surface area contributed by atoms with Gasteiger partial charge in [-0.05, 0) is 0 Å². The molecule has 4 rings (SSSR count). The Morgan fingerprint density at radius 2 is 0.962 bits per heavy atom. The normalized spacial score (nSPS) is 33.7. The molecule has 4 amide bonds. The average Bonchev–Trinajstić information content (AvgIpc) is 3.02. The summed E-state index contributed by atoms with van der Waals surface area (Å²) < 4.78 is 0.101. The molecule has 2 aromatic carbocycles. The smallest absolute Gasteiger partial charge is 0.203 e. The third kappa shape index (κ3) is 2.08. The molecule has 10 heteroatoms. The summed E-state index contributed by atoms with van der Waals surface area (Å²) in [5, 5.41) is 0. The van der Waals surface area contributed by atoms with Crippen LogP contribution in [0.15, 0.2) is 60.7 Å². The second kappa shape index (κ2) is 5.99. The summed E-state index contributed by atoms with van der Waals surface area (Å²) in [6.45, 7) is 0. The predicted molar refractivity (Wildman–Crippen MR) is 102 cm³/mol. The molecular weight excluding hydrogens is 422 g/mol. The maximum absolute atomic E-state index is 13.0. The summed E-state index contributed by atoms with van der Waals surface area (Å²) in [6, 6.07) is 15.8. The summed E-state index contributed by atoms with van der Waals surface area (Å²) in [7, 11) is 0.